The Morgan fingerprint density at radius 3 is 2.77 bits per heavy atom. The molecule has 1 heterocycles. The van der Waals surface area contributed by atoms with Crippen LogP contribution in [0.4, 0.5) is 13.2 Å². The lowest BCUT2D eigenvalue weighted by Crippen LogP contribution is -2.38. The van der Waals surface area contributed by atoms with E-state index in [1.54, 1.807) is 0 Å². The van der Waals surface area contributed by atoms with E-state index in [1.807, 2.05) is 0 Å². The molecule has 0 unspecified atom stereocenters. The van der Waals surface area contributed by atoms with E-state index in [0.29, 0.717) is 5.69 Å². The van der Waals surface area contributed by atoms with E-state index >= 15 is 0 Å². The lowest BCUT2D eigenvalue weighted by atomic mass is 10.4. The van der Waals surface area contributed by atoms with Crippen LogP contribution in [0.25, 0.3) is 0 Å². The van der Waals surface area contributed by atoms with Crippen LogP contribution in [0.5, 0.6) is 0 Å². The molecule has 0 saturated heterocycles. The number of halogens is 3. The summed E-state index contributed by atoms with van der Waals surface area (Å²) < 4.78 is 41.9. The molecule has 2 N–H and O–H groups in total. The average molecular weight is 322 g/mol. The molecule has 22 heavy (non-hydrogen) atoms. The molecular formula is C11H17F3N6O2. The van der Waals surface area contributed by atoms with Crippen LogP contribution in [-0.4, -0.2) is 53.8 Å². The maximum Gasteiger partial charge on any atom is 0.390 e. The van der Waals surface area contributed by atoms with Crippen molar-refractivity contribution in [3.05, 3.63) is 11.9 Å². The van der Waals surface area contributed by atoms with E-state index < -0.39 is 18.6 Å². The smallest absolute Gasteiger partial charge is 0.390 e. The predicted molar refractivity (Wildman–Crippen MR) is 70.9 cm³/mol. The summed E-state index contributed by atoms with van der Waals surface area (Å²) in [5.41, 5.74) is 0.502. The molecule has 11 heteroatoms. The second-order valence-electron chi connectivity index (χ2n) is 4.20. The van der Waals surface area contributed by atoms with Gasteiger partial charge in [-0.1, -0.05) is 5.21 Å². The van der Waals surface area contributed by atoms with Crippen LogP contribution in [-0.2, 0) is 22.6 Å². The predicted octanol–water partition coefficient (Wildman–Crippen LogP) is 0.0685. The summed E-state index contributed by atoms with van der Waals surface area (Å²) in [7, 11) is 2.70. The quantitative estimate of drug-likeness (QED) is 0.437. The number of carbonyl (C=O) groups excluding carboxylic acids is 1. The molecule has 1 aromatic rings. The first kappa shape index (κ1) is 17.7. The van der Waals surface area contributed by atoms with Gasteiger partial charge in [-0.05, 0) is 0 Å². The molecule has 8 nitrogen and oxygen atoms in total. The van der Waals surface area contributed by atoms with Crippen LogP contribution in [0.15, 0.2) is 11.2 Å². The Morgan fingerprint density at radius 2 is 2.18 bits per heavy atom. The molecule has 0 spiro atoms. The number of aromatic nitrogens is 3. The monoisotopic (exact) mass is 322 g/mol. The molecule has 124 valence electrons. The van der Waals surface area contributed by atoms with Gasteiger partial charge in [0.2, 0.25) is 0 Å². The molecule has 0 fully saturated rings. The normalized spacial score (nSPS) is 12.1. The number of guanidine groups is 1. The third kappa shape index (κ3) is 6.90. The molecule has 0 amide bonds. The Bertz CT molecular complexity index is 514. The number of methoxy groups -OCH3 is 1. The maximum atomic E-state index is 12.0. The third-order valence-corrected chi connectivity index (χ3v) is 2.47. The van der Waals surface area contributed by atoms with E-state index in [4.69, 9.17) is 0 Å². The summed E-state index contributed by atoms with van der Waals surface area (Å²) in [6.07, 6.45) is -3.65. The fraction of sp³-hybridized carbons (Fsp3) is 0.636. The number of alkyl halides is 3. The second-order valence-corrected chi connectivity index (χ2v) is 4.20. The van der Waals surface area contributed by atoms with Crippen molar-refractivity contribution in [2.75, 3.05) is 20.7 Å². The van der Waals surface area contributed by atoms with Crippen molar-refractivity contribution < 1.29 is 22.7 Å². The van der Waals surface area contributed by atoms with Gasteiger partial charge in [0.05, 0.1) is 26.3 Å². The minimum absolute atomic E-state index is 0.0674. The van der Waals surface area contributed by atoms with Crippen molar-refractivity contribution in [3.63, 3.8) is 0 Å². The van der Waals surface area contributed by atoms with Crippen LogP contribution >= 0.6 is 0 Å². The summed E-state index contributed by atoms with van der Waals surface area (Å²) in [6.45, 7) is -0.146. The fourth-order valence-corrected chi connectivity index (χ4v) is 1.41. The van der Waals surface area contributed by atoms with E-state index in [0.717, 1.165) is 0 Å². The van der Waals surface area contributed by atoms with Crippen molar-refractivity contribution in [1.29, 1.82) is 0 Å². The number of esters is 1. The molecule has 1 aromatic heterocycles. The van der Waals surface area contributed by atoms with Gasteiger partial charge in [-0.25, -0.2) is 4.68 Å². The number of nitrogens with one attached hydrogen (secondary N) is 2. The van der Waals surface area contributed by atoms with Crippen molar-refractivity contribution >= 4 is 11.9 Å². The van der Waals surface area contributed by atoms with Gasteiger partial charge in [-0.3, -0.25) is 9.79 Å². The van der Waals surface area contributed by atoms with E-state index in [-0.39, 0.29) is 25.6 Å². The van der Waals surface area contributed by atoms with Gasteiger partial charge in [0.1, 0.15) is 12.2 Å². The first-order valence-electron chi connectivity index (χ1n) is 6.31. The minimum atomic E-state index is -4.22. The van der Waals surface area contributed by atoms with Crippen LogP contribution in [0.2, 0.25) is 0 Å². The second kappa shape index (κ2) is 8.20. The number of nitrogens with zero attached hydrogens (tertiary/aromatic N) is 4. The Morgan fingerprint density at radius 1 is 1.45 bits per heavy atom. The van der Waals surface area contributed by atoms with Gasteiger partial charge < -0.3 is 15.4 Å². The number of ether oxygens (including phenoxy) is 1. The van der Waals surface area contributed by atoms with Gasteiger partial charge in [-0.15, -0.1) is 5.10 Å². The van der Waals surface area contributed by atoms with Gasteiger partial charge in [0, 0.05) is 13.6 Å². The summed E-state index contributed by atoms with van der Waals surface area (Å²) in [5.74, 6) is -0.249. The topological polar surface area (TPSA) is 93.4 Å². The molecular weight excluding hydrogens is 305 g/mol. The van der Waals surface area contributed by atoms with Crippen molar-refractivity contribution in [2.24, 2.45) is 4.99 Å². The highest BCUT2D eigenvalue weighted by Crippen LogP contribution is 2.17. The number of rotatable bonds is 6. The minimum Gasteiger partial charge on any atom is -0.468 e. The summed E-state index contributed by atoms with van der Waals surface area (Å²) >= 11 is 0. The van der Waals surface area contributed by atoms with E-state index in [1.165, 1.54) is 25.0 Å². The number of hydrogen-bond acceptors (Lipinski definition) is 5. The average Bonchev–Trinajstić information content (AvgIpc) is 2.88. The molecule has 0 aliphatic carbocycles. The standard InChI is InChI=1S/C11H17F3N6O2/c1-15-10(16-4-3-11(12,13)14)17-5-8-6-20(19-18-8)7-9(21)22-2/h6H,3-5,7H2,1-2H3,(H2,15,16,17). The number of hydrogen-bond donors (Lipinski definition) is 2. The summed E-state index contributed by atoms with van der Waals surface area (Å²) in [4.78, 5) is 14.8. The van der Waals surface area contributed by atoms with Gasteiger partial charge in [0.15, 0.2) is 5.96 Å². The van der Waals surface area contributed by atoms with E-state index in [2.05, 4.69) is 30.7 Å². The van der Waals surface area contributed by atoms with Crippen molar-refractivity contribution in [3.8, 4) is 0 Å². The molecule has 0 aliphatic heterocycles. The van der Waals surface area contributed by atoms with Crippen molar-refractivity contribution in [1.82, 2.24) is 25.6 Å². The van der Waals surface area contributed by atoms with Crippen LogP contribution in [0.3, 0.4) is 0 Å². The largest absolute Gasteiger partial charge is 0.468 e. The lowest BCUT2D eigenvalue weighted by molar-refractivity contribution is -0.141. The van der Waals surface area contributed by atoms with Gasteiger partial charge >= 0.3 is 12.1 Å². The molecule has 0 atom stereocenters. The molecule has 0 aromatic carbocycles. The zero-order valence-corrected chi connectivity index (χ0v) is 12.1. The van der Waals surface area contributed by atoms with Crippen LogP contribution < -0.4 is 10.6 Å². The Labute approximate surface area is 124 Å². The van der Waals surface area contributed by atoms with Gasteiger partial charge in [0.25, 0.3) is 0 Å². The highest BCUT2D eigenvalue weighted by Gasteiger charge is 2.26. The first-order valence-corrected chi connectivity index (χ1v) is 6.31. The summed E-state index contributed by atoms with van der Waals surface area (Å²) in [6, 6.07) is 0. The molecule has 0 aliphatic rings. The zero-order valence-electron chi connectivity index (χ0n) is 12.1. The number of aliphatic imine (C=N–C) groups is 1. The SMILES string of the molecule is CN=C(NCCC(F)(F)F)NCc1cn(CC(=O)OC)nn1. The Hall–Kier alpha value is -2.33. The molecule has 0 bridgehead atoms. The maximum absolute atomic E-state index is 12.0. The Balaban J connectivity index is 2.39. The lowest BCUT2D eigenvalue weighted by Gasteiger charge is -2.11. The Kier molecular flexibility index (Phi) is 6.60. The van der Waals surface area contributed by atoms with Crippen LogP contribution in [0, 0.1) is 0 Å². The van der Waals surface area contributed by atoms with Gasteiger partial charge in [-0.2, -0.15) is 13.2 Å². The number of carbonyl (C=O) groups is 1. The zero-order chi connectivity index (χ0) is 16.6. The fourth-order valence-electron chi connectivity index (χ4n) is 1.41. The van der Waals surface area contributed by atoms with E-state index in [9.17, 15) is 18.0 Å². The molecule has 0 saturated carbocycles. The molecule has 1 rings (SSSR count). The van der Waals surface area contributed by atoms with Crippen LogP contribution in [0.1, 0.15) is 12.1 Å². The highest BCUT2D eigenvalue weighted by atomic mass is 19.4. The summed E-state index contributed by atoms with van der Waals surface area (Å²) in [5, 5.41) is 12.9. The van der Waals surface area contributed by atoms with Crippen molar-refractivity contribution in [2.45, 2.75) is 25.7 Å². The third-order valence-electron chi connectivity index (χ3n) is 2.47. The first-order chi connectivity index (χ1) is 10.3. The molecule has 0 radical (unpaired) electrons. The highest BCUT2D eigenvalue weighted by molar-refractivity contribution is 5.79.